The molecule has 1 heterocycles. The molecular weight excluding hydrogens is 342 g/mol. The van der Waals surface area contributed by atoms with Gasteiger partial charge in [-0.05, 0) is 54.4 Å². The summed E-state index contributed by atoms with van der Waals surface area (Å²) in [5.74, 6) is 2.25. The van der Waals surface area contributed by atoms with Crippen LogP contribution in [0.15, 0.2) is 78.9 Å². The average Bonchev–Trinajstić information content (AvgIpc) is 3.05. The van der Waals surface area contributed by atoms with Crippen LogP contribution in [0, 0.1) is 6.92 Å². The molecule has 1 saturated heterocycles. The molecule has 3 aromatic rings. The van der Waals surface area contributed by atoms with E-state index >= 15 is 0 Å². The number of carbonyl (C=O) groups is 1. The van der Waals surface area contributed by atoms with Crippen molar-refractivity contribution in [3.8, 4) is 11.5 Å². The lowest BCUT2D eigenvalue weighted by Crippen LogP contribution is -2.27. The van der Waals surface area contributed by atoms with Crippen LogP contribution in [0.1, 0.15) is 16.5 Å². The average molecular weight is 361 g/mol. The lowest BCUT2D eigenvalue weighted by molar-refractivity contribution is -0.115. The first-order valence-electron chi connectivity index (χ1n) is 8.54. The number of hydrogen-bond acceptors (Lipinski definition) is 3. The molecule has 1 atom stereocenters. The van der Waals surface area contributed by atoms with Gasteiger partial charge in [0.05, 0.1) is 5.75 Å². The van der Waals surface area contributed by atoms with Gasteiger partial charge in [0.1, 0.15) is 16.9 Å². The first kappa shape index (κ1) is 16.7. The van der Waals surface area contributed by atoms with E-state index in [9.17, 15) is 4.79 Å². The maximum atomic E-state index is 12.5. The van der Waals surface area contributed by atoms with Crippen LogP contribution < -0.4 is 9.64 Å². The molecule has 1 fully saturated rings. The van der Waals surface area contributed by atoms with E-state index in [-0.39, 0.29) is 11.3 Å². The summed E-state index contributed by atoms with van der Waals surface area (Å²) in [6.45, 7) is 2.04. The SMILES string of the molecule is Cc1cccc(N2C(=O)CSC2c2ccc(Oc3ccccc3)cc2)c1. The van der Waals surface area contributed by atoms with Gasteiger partial charge in [0.15, 0.2) is 0 Å². The summed E-state index contributed by atoms with van der Waals surface area (Å²) < 4.78 is 5.86. The van der Waals surface area contributed by atoms with E-state index in [1.807, 2.05) is 84.6 Å². The van der Waals surface area contributed by atoms with Crippen LogP contribution in [-0.4, -0.2) is 11.7 Å². The standard InChI is InChI=1S/C22H19NO2S/c1-16-6-5-7-18(14-16)23-21(24)15-26-22(23)17-10-12-20(13-11-17)25-19-8-3-2-4-9-19/h2-14,22H,15H2,1H3. The number of carbonyl (C=O) groups excluding carboxylic acids is 1. The molecule has 4 rings (SSSR count). The summed E-state index contributed by atoms with van der Waals surface area (Å²) in [5, 5.41) is -0.00456. The van der Waals surface area contributed by atoms with Crippen molar-refractivity contribution in [3.05, 3.63) is 90.0 Å². The fourth-order valence-corrected chi connectivity index (χ4v) is 4.23. The highest BCUT2D eigenvalue weighted by Gasteiger charge is 2.34. The molecule has 3 aromatic carbocycles. The van der Waals surface area contributed by atoms with Crippen LogP contribution in [0.25, 0.3) is 0 Å². The van der Waals surface area contributed by atoms with Gasteiger partial charge in [-0.15, -0.1) is 11.8 Å². The van der Waals surface area contributed by atoms with E-state index in [1.54, 1.807) is 11.8 Å². The van der Waals surface area contributed by atoms with Gasteiger partial charge in [0.2, 0.25) is 5.91 Å². The second kappa shape index (κ2) is 7.26. The molecule has 0 radical (unpaired) electrons. The van der Waals surface area contributed by atoms with Crippen molar-refractivity contribution in [2.24, 2.45) is 0 Å². The van der Waals surface area contributed by atoms with Crippen LogP contribution in [-0.2, 0) is 4.79 Å². The molecular formula is C22H19NO2S. The fraction of sp³-hybridized carbons (Fsp3) is 0.136. The number of para-hydroxylation sites is 1. The number of aryl methyl sites for hydroxylation is 1. The van der Waals surface area contributed by atoms with Crippen molar-refractivity contribution in [2.75, 3.05) is 10.7 Å². The van der Waals surface area contributed by atoms with Crippen molar-refractivity contribution in [3.63, 3.8) is 0 Å². The Bertz CT molecular complexity index is 909. The first-order chi connectivity index (χ1) is 12.7. The Morgan fingerprint density at radius 3 is 2.38 bits per heavy atom. The third-order valence-electron chi connectivity index (χ3n) is 4.29. The lowest BCUT2D eigenvalue weighted by Gasteiger charge is -2.24. The maximum absolute atomic E-state index is 12.5. The van der Waals surface area contributed by atoms with E-state index in [4.69, 9.17) is 4.74 Å². The van der Waals surface area contributed by atoms with E-state index in [0.29, 0.717) is 5.75 Å². The van der Waals surface area contributed by atoms with Gasteiger partial charge < -0.3 is 4.74 Å². The topological polar surface area (TPSA) is 29.5 Å². The molecule has 1 unspecified atom stereocenters. The zero-order chi connectivity index (χ0) is 17.9. The number of rotatable bonds is 4. The Morgan fingerprint density at radius 1 is 0.923 bits per heavy atom. The zero-order valence-electron chi connectivity index (χ0n) is 14.5. The molecule has 0 aliphatic carbocycles. The molecule has 0 aromatic heterocycles. The molecule has 26 heavy (non-hydrogen) atoms. The summed E-state index contributed by atoms with van der Waals surface area (Å²) in [5.41, 5.74) is 3.20. The third kappa shape index (κ3) is 3.46. The lowest BCUT2D eigenvalue weighted by atomic mass is 10.1. The summed E-state index contributed by atoms with van der Waals surface area (Å²) >= 11 is 1.66. The number of ether oxygens (including phenoxy) is 1. The Labute approximate surface area is 157 Å². The number of amides is 1. The minimum atomic E-state index is -0.00456. The fourth-order valence-electron chi connectivity index (χ4n) is 3.05. The third-order valence-corrected chi connectivity index (χ3v) is 5.50. The summed E-state index contributed by atoms with van der Waals surface area (Å²) in [7, 11) is 0. The second-order valence-electron chi connectivity index (χ2n) is 6.25. The summed E-state index contributed by atoms with van der Waals surface area (Å²) in [6, 6.07) is 25.8. The minimum Gasteiger partial charge on any atom is -0.457 e. The van der Waals surface area contributed by atoms with Crippen LogP contribution in [0.2, 0.25) is 0 Å². The summed E-state index contributed by atoms with van der Waals surface area (Å²) in [6.07, 6.45) is 0. The zero-order valence-corrected chi connectivity index (χ0v) is 15.3. The number of benzene rings is 3. The molecule has 130 valence electrons. The van der Waals surface area contributed by atoms with Crippen LogP contribution in [0.5, 0.6) is 11.5 Å². The Kier molecular flexibility index (Phi) is 4.67. The predicted octanol–water partition coefficient (Wildman–Crippen LogP) is 5.57. The van der Waals surface area contributed by atoms with Gasteiger partial charge in [-0.25, -0.2) is 0 Å². The van der Waals surface area contributed by atoms with Crippen molar-refractivity contribution in [1.29, 1.82) is 0 Å². The van der Waals surface area contributed by atoms with Crippen LogP contribution in [0.4, 0.5) is 5.69 Å². The number of anilines is 1. The Balaban J connectivity index is 1.57. The second-order valence-corrected chi connectivity index (χ2v) is 7.32. The smallest absolute Gasteiger partial charge is 0.238 e. The van der Waals surface area contributed by atoms with E-state index in [2.05, 4.69) is 6.07 Å². The highest BCUT2D eigenvalue weighted by molar-refractivity contribution is 8.00. The van der Waals surface area contributed by atoms with Gasteiger partial charge in [0.25, 0.3) is 0 Å². The molecule has 0 bridgehead atoms. The Hall–Kier alpha value is -2.72. The van der Waals surface area contributed by atoms with Crippen LogP contribution >= 0.6 is 11.8 Å². The van der Waals surface area contributed by atoms with Crippen molar-refractivity contribution in [1.82, 2.24) is 0 Å². The van der Waals surface area contributed by atoms with Gasteiger partial charge >= 0.3 is 0 Å². The molecule has 3 nitrogen and oxygen atoms in total. The van der Waals surface area contributed by atoms with Gasteiger partial charge in [-0.1, -0.05) is 42.5 Å². The highest BCUT2D eigenvalue weighted by atomic mass is 32.2. The Morgan fingerprint density at radius 2 is 1.65 bits per heavy atom. The van der Waals surface area contributed by atoms with E-state index < -0.39 is 0 Å². The summed E-state index contributed by atoms with van der Waals surface area (Å²) in [4.78, 5) is 14.4. The highest BCUT2D eigenvalue weighted by Crippen LogP contribution is 2.42. The molecule has 0 saturated carbocycles. The van der Waals surface area contributed by atoms with Crippen molar-refractivity contribution >= 4 is 23.4 Å². The van der Waals surface area contributed by atoms with E-state index in [0.717, 1.165) is 28.3 Å². The van der Waals surface area contributed by atoms with E-state index in [1.165, 1.54) is 0 Å². The molecule has 0 spiro atoms. The van der Waals surface area contributed by atoms with Crippen molar-refractivity contribution in [2.45, 2.75) is 12.3 Å². The number of hydrogen-bond donors (Lipinski definition) is 0. The van der Waals surface area contributed by atoms with Gasteiger partial charge in [0, 0.05) is 5.69 Å². The number of thioether (sulfide) groups is 1. The molecule has 1 aliphatic rings. The molecule has 1 aliphatic heterocycles. The quantitative estimate of drug-likeness (QED) is 0.609. The maximum Gasteiger partial charge on any atom is 0.238 e. The largest absolute Gasteiger partial charge is 0.457 e. The molecule has 1 amide bonds. The van der Waals surface area contributed by atoms with Gasteiger partial charge in [-0.3, -0.25) is 9.69 Å². The molecule has 4 heteroatoms. The monoisotopic (exact) mass is 361 g/mol. The predicted molar refractivity (Wildman–Crippen MR) is 107 cm³/mol. The van der Waals surface area contributed by atoms with Crippen LogP contribution in [0.3, 0.4) is 0 Å². The molecule has 0 N–H and O–H groups in total. The van der Waals surface area contributed by atoms with Crippen molar-refractivity contribution < 1.29 is 9.53 Å². The normalized spacial score (nSPS) is 16.7. The first-order valence-corrected chi connectivity index (χ1v) is 9.59. The minimum absolute atomic E-state index is 0.00456. The number of nitrogens with zero attached hydrogens (tertiary/aromatic N) is 1. The van der Waals surface area contributed by atoms with Gasteiger partial charge in [-0.2, -0.15) is 0 Å².